The number of nitrogens with zero attached hydrogens (tertiary/aromatic N) is 2. The largest absolute Gasteiger partial charge is 0.270 e. The molecular formula is C10H13ClN2O. The Bertz CT molecular complexity index is 368. The molecule has 0 unspecified atom stereocenters. The van der Waals surface area contributed by atoms with Crippen molar-refractivity contribution in [2.75, 3.05) is 0 Å². The van der Waals surface area contributed by atoms with Crippen molar-refractivity contribution < 1.29 is 4.79 Å². The first-order valence-corrected chi connectivity index (χ1v) is 4.84. The third-order valence-electron chi connectivity index (χ3n) is 1.82. The molecule has 0 aromatic carbocycles. The van der Waals surface area contributed by atoms with E-state index in [9.17, 15) is 4.79 Å². The van der Waals surface area contributed by atoms with Crippen LogP contribution in [-0.4, -0.2) is 21.1 Å². The van der Waals surface area contributed by atoms with Crippen LogP contribution in [0.3, 0.4) is 0 Å². The lowest BCUT2D eigenvalue weighted by Crippen LogP contribution is -2.22. The third-order valence-corrected chi connectivity index (χ3v) is 2.15. The fourth-order valence-corrected chi connectivity index (χ4v) is 1.46. The summed E-state index contributed by atoms with van der Waals surface area (Å²) in [6, 6.07) is 1.84. The van der Waals surface area contributed by atoms with Crippen LogP contribution >= 0.6 is 11.6 Å². The number of rotatable bonds is 2. The van der Waals surface area contributed by atoms with Crippen molar-refractivity contribution in [1.82, 2.24) is 9.78 Å². The van der Waals surface area contributed by atoms with Crippen molar-refractivity contribution in [3.63, 3.8) is 0 Å². The average Bonchev–Trinajstić information content (AvgIpc) is 2.44. The fourth-order valence-electron chi connectivity index (χ4n) is 1.22. The number of carbonyl (C=O) groups is 1. The SMILES string of the molecule is C/C=C/[C@@H](Cl)C(=O)n1nc(C)cc1C. The molecule has 0 aliphatic heterocycles. The highest BCUT2D eigenvalue weighted by Gasteiger charge is 2.16. The van der Waals surface area contributed by atoms with E-state index in [2.05, 4.69) is 5.10 Å². The molecule has 0 N–H and O–H groups in total. The van der Waals surface area contributed by atoms with Crippen molar-refractivity contribution >= 4 is 17.5 Å². The zero-order chi connectivity index (χ0) is 10.7. The van der Waals surface area contributed by atoms with Crippen LogP contribution in [0.5, 0.6) is 0 Å². The minimum absolute atomic E-state index is 0.213. The Kier molecular flexibility index (Phi) is 3.47. The molecule has 76 valence electrons. The molecule has 0 spiro atoms. The van der Waals surface area contributed by atoms with E-state index in [-0.39, 0.29) is 5.91 Å². The van der Waals surface area contributed by atoms with E-state index in [1.165, 1.54) is 4.68 Å². The van der Waals surface area contributed by atoms with Crippen molar-refractivity contribution in [3.05, 3.63) is 29.6 Å². The molecule has 0 saturated carbocycles. The van der Waals surface area contributed by atoms with Gasteiger partial charge < -0.3 is 0 Å². The zero-order valence-electron chi connectivity index (χ0n) is 8.49. The maximum Gasteiger partial charge on any atom is 0.269 e. The Morgan fingerprint density at radius 3 is 2.71 bits per heavy atom. The average molecular weight is 213 g/mol. The quantitative estimate of drug-likeness (QED) is 0.557. The molecule has 0 radical (unpaired) electrons. The van der Waals surface area contributed by atoms with Gasteiger partial charge in [-0.2, -0.15) is 5.10 Å². The first-order valence-electron chi connectivity index (χ1n) is 4.40. The van der Waals surface area contributed by atoms with Gasteiger partial charge in [-0.25, -0.2) is 4.68 Å². The Morgan fingerprint density at radius 1 is 1.64 bits per heavy atom. The van der Waals surface area contributed by atoms with Gasteiger partial charge in [0.1, 0.15) is 5.38 Å². The molecule has 0 bridgehead atoms. The highest BCUT2D eigenvalue weighted by atomic mass is 35.5. The lowest BCUT2D eigenvalue weighted by Gasteiger charge is -2.04. The van der Waals surface area contributed by atoms with Crippen LogP contribution in [0.1, 0.15) is 23.1 Å². The zero-order valence-corrected chi connectivity index (χ0v) is 9.25. The summed E-state index contributed by atoms with van der Waals surface area (Å²) in [4.78, 5) is 11.7. The van der Waals surface area contributed by atoms with E-state index in [0.717, 1.165) is 11.4 Å². The van der Waals surface area contributed by atoms with Crippen LogP contribution in [0.15, 0.2) is 18.2 Å². The number of halogens is 1. The lowest BCUT2D eigenvalue weighted by molar-refractivity contribution is 0.0902. The molecule has 1 rings (SSSR count). The van der Waals surface area contributed by atoms with Crippen molar-refractivity contribution in [3.8, 4) is 0 Å². The third kappa shape index (κ3) is 2.23. The molecule has 3 nitrogen and oxygen atoms in total. The topological polar surface area (TPSA) is 34.9 Å². The second kappa shape index (κ2) is 4.42. The molecule has 0 aliphatic carbocycles. The van der Waals surface area contributed by atoms with E-state index >= 15 is 0 Å². The minimum Gasteiger partial charge on any atom is -0.270 e. The van der Waals surface area contributed by atoms with Gasteiger partial charge in [-0.15, -0.1) is 11.6 Å². The molecule has 0 aliphatic rings. The van der Waals surface area contributed by atoms with Gasteiger partial charge in [0.15, 0.2) is 0 Å². The Labute approximate surface area is 88.4 Å². The molecule has 1 heterocycles. The summed E-state index contributed by atoms with van der Waals surface area (Å²) in [5.41, 5.74) is 1.63. The van der Waals surface area contributed by atoms with Crippen molar-refractivity contribution in [2.24, 2.45) is 0 Å². The summed E-state index contributed by atoms with van der Waals surface area (Å²) in [5.74, 6) is -0.213. The van der Waals surface area contributed by atoms with Gasteiger partial charge in [0.25, 0.3) is 5.91 Å². The van der Waals surface area contributed by atoms with Gasteiger partial charge >= 0.3 is 0 Å². The highest BCUT2D eigenvalue weighted by Crippen LogP contribution is 2.07. The Balaban J connectivity index is 2.94. The number of hydrogen-bond donors (Lipinski definition) is 0. The maximum absolute atomic E-state index is 11.7. The van der Waals surface area contributed by atoms with E-state index in [4.69, 9.17) is 11.6 Å². The van der Waals surface area contributed by atoms with Gasteiger partial charge in [0, 0.05) is 5.69 Å². The van der Waals surface area contributed by atoms with Crippen LogP contribution < -0.4 is 0 Å². The standard InChI is InChI=1S/C10H13ClN2O/c1-4-5-9(11)10(14)13-8(3)6-7(2)12-13/h4-6,9H,1-3H3/b5-4+/t9-/m1/s1. The molecule has 0 fully saturated rings. The number of aromatic nitrogens is 2. The summed E-state index contributed by atoms with van der Waals surface area (Å²) in [6.45, 7) is 5.50. The number of alkyl halides is 1. The van der Waals surface area contributed by atoms with Gasteiger partial charge in [-0.05, 0) is 26.8 Å². The Morgan fingerprint density at radius 2 is 2.29 bits per heavy atom. The first kappa shape index (κ1) is 11.0. The Hall–Kier alpha value is -1.09. The maximum atomic E-state index is 11.7. The molecule has 1 aromatic rings. The number of aryl methyl sites for hydroxylation is 2. The summed E-state index contributed by atoms with van der Waals surface area (Å²) in [5, 5.41) is 3.42. The summed E-state index contributed by atoms with van der Waals surface area (Å²) >= 11 is 5.85. The normalized spacial score (nSPS) is 13.4. The molecule has 1 atom stereocenters. The van der Waals surface area contributed by atoms with Gasteiger partial charge in [0.05, 0.1) is 5.69 Å². The van der Waals surface area contributed by atoms with Crippen LogP contribution in [0.2, 0.25) is 0 Å². The molecular weight excluding hydrogens is 200 g/mol. The number of carbonyl (C=O) groups excluding carboxylic acids is 1. The molecule has 4 heteroatoms. The second-order valence-electron chi connectivity index (χ2n) is 3.10. The summed E-state index contributed by atoms with van der Waals surface area (Å²) in [6.07, 6.45) is 3.39. The van der Waals surface area contributed by atoms with Crippen molar-refractivity contribution in [2.45, 2.75) is 26.1 Å². The lowest BCUT2D eigenvalue weighted by atomic mass is 10.3. The van der Waals surface area contributed by atoms with Crippen molar-refractivity contribution in [1.29, 1.82) is 0 Å². The summed E-state index contributed by atoms with van der Waals surface area (Å²) < 4.78 is 1.34. The first-order chi connectivity index (χ1) is 6.56. The monoisotopic (exact) mass is 212 g/mol. The molecule has 14 heavy (non-hydrogen) atoms. The smallest absolute Gasteiger partial charge is 0.269 e. The van der Waals surface area contributed by atoms with Crippen LogP contribution in [0.4, 0.5) is 0 Å². The van der Waals surface area contributed by atoms with E-state index in [1.807, 2.05) is 26.8 Å². The molecule has 0 amide bonds. The molecule has 1 aromatic heterocycles. The van der Waals surface area contributed by atoms with E-state index in [0.29, 0.717) is 0 Å². The van der Waals surface area contributed by atoms with E-state index < -0.39 is 5.38 Å². The van der Waals surface area contributed by atoms with Crippen LogP contribution in [-0.2, 0) is 0 Å². The van der Waals surface area contributed by atoms with E-state index in [1.54, 1.807) is 12.2 Å². The van der Waals surface area contributed by atoms with Gasteiger partial charge in [-0.3, -0.25) is 4.79 Å². The fraction of sp³-hybridized carbons (Fsp3) is 0.400. The minimum atomic E-state index is -0.641. The van der Waals surface area contributed by atoms with Gasteiger partial charge in [0.2, 0.25) is 0 Å². The second-order valence-corrected chi connectivity index (χ2v) is 3.57. The van der Waals surface area contributed by atoms with Crippen LogP contribution in [0.25, 0.3) is 0 Å². The predicted molar refractivity (Wildman–Crippen MR) is 56.8 cm³/mol. The number of allylic oxidation sites excluding steroid dienone is 2. The van der Waals surface area contributed by atoms with Gasteiger partial charge in [-0.1, -0.05) is 12.2 Å². The predicted octanol–water partition coefficient (Wildman–Crippen LogP) is 2.32. The molecule has 0 saturated heterocycles. The highest BCUT2D eigenvalue weighted by molar-refractivity contribution is 6.32. The van der Waals surface area contributed by atoms with Crippen LogP contribution in [0, 0.1) is 13.8 Å². The number of hydrogen-bond acceptors (Lipinski definition) is 2. The summed E-state index contributed by atoms with van der Waals surface area (Å²) in [7, 11) is 0.